The number of carbonyl (C=O) groups is 1. The average molecular weight is 272 g/mol. The summed E-state index contributed by atoms with van der Waals surface area (Å²) in [6.45, 7) is 0. The number of methoxy groups -OCH3 is 1. The minimum atomic E-state index is -2.60. The maximum Gasteiger partial charge on any atom is 0.356 e. The molecule has 0 aromatic carbocycles. The molecule has 1 saturated carbocycles. The van der Waals surface area contributed by atoms with Gasteiger partial charge in [-0.1, -0.05) is 0 Å². The van der Waals surface area contributed by atoms with Crippen LogP contribution >= 0.6 is 11.3 Å². The van der Waals surface area contributed by atoms with Gasteiger partial charge in [0, 0.05) is 23.6 Å². The average Bonchev–Trinajstić information content (AvgIpc) is 2.83. The van der Waals surface area contributed by atoms with Gasteiger partial charge in [-0.3, -0.25) is 4.40 Å². The van der Waals surface area contributed by atoms with Crippen molar-refractivity contribution in [3.8, 4) is 0 Å². The molecule has 0 N–H and O–H groups in total. The summed E-state index contributed by atoms with van der Waals surface area (Å²) in [6.07, 6.45) is 2.71. The second-order valence-corrected chi connectivity index (χ2v) is 5.43. The summed E-state index contributed by atoms with van der Waals surface area (Å²) in [7, 11) is 1.28. The summed E-state index contributed by atoms with van der Waals surface area (Å²) in [5.74, 6) is -3.38. The van der Waals surface area contributed by atoms with Gasteiger partial charge in [-0.15, -0.1) is 11.3 Å². The SMILES string of the molecule is COC(=O)c1c(C2CC(F)(F)C2)sc2cncn12. The minimum Gasteiger partial charge on any atom is -0.464 e. The van der Waals surface area contributed by atoms with E-state index < -0.39 is 11.9 Å². The van der Waals surface area contributed by atoms with E-state index >= 15 is 0 Å². The van der Waals surface area contributed by atoms with Gasteiger partial charge in [0.25, 0.3) is 0 Å². The smallest absolute Gasteiger partial charge is 0.356 e. The molecular weight excluding hydrogens is 262 g/mol. The molecule has 0 amide bonds. The number of aromatic nitrogens is 2. The van der Waals surface area contributed by atoms with Gasteiger partial charge in [-0.2, -0.15) is 0 Å². The van der Waals surface area contributed by atoms with Crippen LogP contribution < -0.4 is 0 Å². The lowest BCUT2D eigenvalue weighted by atomic mass is 9.80. The monoisotopic (exact) mass is 272 g/mol. The molecule has 0 bridgehead atoms. The molecule has 0 aliphatic heterocycles. The molecule has 0 atom stereocenters. The van der Waals surface area contributed by atoms with Gasteiger partial charge in [-0.25, -0.2) is 18.6 Å². The third-order valence-electron chi connectivity index (χ3n) is 3.13. The van der Waals surface area contributed by atoms with Crippen molar-refractivity contribution in [3.05, 3.63) is 23.1 Å². The Labute approximate surface area is 105 Å². The summed E-state index contributed by atoms with van der Waals surface area (Å²) in [4.78, 5) is 17.1. The van der Waals surface area contributed by atoms with Crippen LogP contribution in [0.2, 0.25) is 0 Å². The van der Waals surface area contributed by atoms with Gasteiger partial charge in [-0.05, 0) is 0 Å². The van der Waals surface area contributed by atoms with Gasteiger partial charge in [0.05, 0.1) is 13.3 Å². The lowest BCUT2D eigenvalue weighted by Crippen LogP contribution is -2.34. The predicted octanol–water partition coefficient (Wildman–Crippen LogP) is 2.70. The highest BCUT2D eigenvalue weighted by Crippen LogP contribution is 2.51. The topological polar surface area (TPSA) is 43.6 Å². The molecule has 0 unspecified atom stereocenters. The van der Waals surface area contributed by atoms with Crippen molar-refractivity contribution in [2.45, 2.75) is 24.7 Å². The molecule has 2 aromatic heterocycles. The maximum atomic E-state index is 12.9. The zero-order valence-corrected chi connectivity index (χ0v) is 10.3. The highest BCUT2D eigenvalue weighted by Gasteiger charge is 2.48. The third-order valence-corrected chi connectivity index (χ3v) is 4.39. The zero-order valence-electron chi connectivity index (χ0n) is 9.52. The number of alkyl halides is 2. The van der Waals surface area contributed by atoms with Gasteiger partial charge < -0.3 is 4.74 Å². The quantitative estimate of drug-likeness (QED) is 0.789. The van der Waals surface area contributed by atoms with Crippen LogP contribution in [0.25, 0.3) is 4.83 Å². The molecule has 0 radical (unpaired) electrons. The number of halogens is 2. The number of ether oxygens (including phenoxy) is 1. The van der Waals surface area contributed by atoms with E-state index in [9.17, 15) is 13.6 Å². The Balaban J connectivity index is 2.06. The highest BCUT2D eigenvalue weighted by atomic mass is 32.1. The van der Waals surface area contributed by atoms with Crippen LogP contribution in [0.4, 0.5) is 8.78 Å². The normalized spacial score (nSPS) is 18.8. The van der Waals surface area contributed by atoms with E-state index in [0.29, 0.717) is 10.6 Å². The van der Waals surface area contributed by atoms with Crippen LogP contribution in [0.1, 0.15) is 34.1 Å². The molecule has 96 valence electrons. The largest absolute Gasteiger partial charge is 0.464 e. The number of carbonyl (C=O) groups excluding carboxylic acids is 1. The van der Waals surface area contributed by atoms with Crippen molar-refractivity contribution in [3.63, 3.8) is 0 Å². The number of imidazole rings is 1. The first kappa shape index (κ1) is 11.6. The van der Waals surface area contributed by atoms with Crippen LogP contribution in [-0.2, 0) is 4.74 Å². The van der Waals surface area contributed by atoms with E-state index in [4.69, 9.17) is 4.74 Å². The fourth-order valence-electron chi connectivity index (χ4n) is 2.22. The molecule has 18 heavy (non-hydrogen) atoms. The highest BCUT2D eigenvalue weighted by molar-refractivity contribution is 7.17. The van der Waals surface area contributed by atoms with Crippen molar-refractivity contribution in [2.24, 2.45) is 0 Å². The van der Waals surface area contributed by atoms with E-state index in [1.54, 1.807) is 10.6 Å². The molecule has 7 heteroatoms. The lowest BCUT2D eigenvalue weighted by molar-refractivity contribution is -0.0862. The summed E-state index contributed by atoms with van der Waals surface area (Å²) in [5.41, 5.74) is 0.329. The second-order valence-electron chi connectivity index (χ2n) is 4.37. The van der Waals surface area contributed by atoms with Crippen LogP contribution in [0.3, 0.4) is 0 Å². The lowest BCUT2D eigenvalue weighted by Gasteiger charge is -2.34. The standard InChI is InChI=1S/C11H10F2N2O2S/c1-17-10(16)8-9(6-2-11(12,13)3-6)18-7-4-14-5-15(7)8/h4-6H,2-3H2,1H3. The number of thiazole rings is 1. The molecule has 2 aromatic rings. The van der Waals surface area contributed by atoms with E-state index in [-0.39, 0.29) is 18.8 Å². The summed E-state index contributed by atoms with van der Waals surface area (Å²) in [5, 5.41) is 0. The molecule has 0 spiro atoms. The Morgan fingerprint density at radius 1 is 1.61 bits per heavy atom. The van der Waals surface area contributed by atoms with E-state index in [2.05, 4.69) is 4.98 Å². The molecule has 2 heterocycles. The number of rotatable bonds is 2. The predicted molar refractivity (Wildman–Crippen MR) is 61.3 cm³/mol. The van der Waals surface area contributed by atoms with E-state index in [1.807, 2.05) is 0 Å². The Hall–Kier alpha value is -1.50. The molecule has 1 aliphatic carbocycles. The number of nitrogens with zero attached hydrogens (tertiary/aromatic N) is 2. The Kier molecular flexibility index (Phi) is 2.41. The molecule has 1 fully saturated rings. The first-order valence-corrected chi connectivity index (χ1v) is 6.24. The van der Waals surface area contributed by atoms with Crippen molar-refractivity contribution in [2.75, 3.05) is 7.11 Å². The molecule has 1 aliphatic rings. The number of esters is 1. The Morgan fingerprint density at radius 2 is 2.33 bits per heavy atom. The van der Waals surface area contributed by atoms with Crippen LogP contribution in [0, 0.1) is 0 Å². The van der Waals surface area contributed by atoms with Crippen molar-refractivity contribution in [1.29, 1.82) is 0 Å². The van der Waals surface area contributed by atoms with E-state index in [0.717, 1.165) is 4.83 Å². The first-order valence-electron chi connectivity index (χ1n) is 5.43. The zero-order chi connectivity index (χ0) is 12.9. The van der Waals surface area contributed by atoms with Gasteiger partial charge in [0.15, 0.2) is 0 Å². The number of hydrogen-bond donors (Lipinski definition) is 0. The molecule has 0 saturated heterocycles. The fraction of sp³-hybridized carbons (Fsp3) is 0.455. The fourth-order valence-corrected chi connectivity index (χ4v) is 3.41. The maximum absolute atomic E-state index is 12.9. The number of hydrogen-bond acceptors (Lipinski definition) is 4. The van der Waals surface area contributed by atoms with Gasteiger partial charge in [0.1, 0.15) is 16.9 Å². The summed E-state index contributed by atoms with van der Waals surface area (Å²) < 4.78 is 32.2. The van der Waals surface area contributed by atoms with Crippen molar-refractivity contribution in [1.82, 2.24) is 9.38 Å². The molecule has 4 nitrogen and oxygen atoms in total. The summed E-state index contributed by atoms with van der Waals surface area (Å²) in [6, 6.07) is 0. The van der Waals surface area contributed by atoms with Crippen LogP contribution in [-0.4, -0.2) is 28.4 Å². The first-order chi connectivity index (χ1) is 8.52. The third kappa shape index (κ3) is 1.61. The summed E-state index contributed by atoms with van der Waals surface area (Å²) >= 11 is 1.33. The number of fused-ring (bicyclic) bond motifs is 1. The minimum absolute atomic E-state index is 0.200. The second kappa shape index (κ2) is 3.74. The van der Waals surface area contributed by atoms with E-state index in [1.165, 1.54) is 24.8 Å². The Bertz CT molecular complexity index is 612. The van der Waals surface area contributed by atoms with Gasteiger partial charge >= 0.3 is 5.97 Å². The van der Waals surface area contributed by atoms with Crippen LogP contribution in [0.5, 0.6) is 0 Å². The van der Waals surface area contributed by atoms with Crippen molar-refractivity contribution >= 4 is 22.1 Å². The Morgan fingerprint density at radius 3 is 2.94 bits per heavy atom. The van der Waals surface area contributed by atoms with Gasteiger partial charge in [0.2, 0.25) is 5.92 Å². The van der Waals surface area contributed by atoms with Crippen LogP contribution in [0.15, 0.2) is 12.5 Å². The molecule has 3 rings (SSSR count). The molecular formula is C11H10F2N2O2S. The van der Waals surface area contributed by atoms with Crippen molar-refractivity contribution < 1.29 is 18.3 Å².